The number of rotatable bonds is 3. The second-order valence-electron chi connectivity index (χ2n) is 5.57. The molecule has 3 rings (SSSR count). The molecular formula is C13H19N5O. The number of nitrogens with one attached hydrogen (secondary N) is 2. The van der Waals surface area contributed by atoms with E-state index in [1.807, 2.05) is 0 Å². The largest absolute Gasteiger partial charge is 0.394 e. The van der Waals surface area contributed by atoms with E-state index in [-0.39, 0.29) is 12.1 Å². The van der Waals surface area contributed by atoms with Gasteiger partial charge in [-0.2, -0.15) is 0 Å². The zero-order valence-electron chi connectivity index (χ0n) is 11.1. The predicted molar refractivity (Wildman–Crippen MR) is 72.8 cm³/mol. The van der Waals surface area contributed by atoms with Crippen molar-refractivity contribution in [2.45, 2.75) is 38.1 Å². The Morgan fingerprint density at radius 3 is 2.89 bits per heavy atom. The summed E-state index contributed by atoms with van der Waals surface area (Å²) in [5.74, 6) is 1.46. The van der Waals surface area contributed by atoms with Crippen LogP contribution in [0.4, 0.5) is 5.82 Å². The highest BCUT2D eigenvalue weighted by molar-refractivity contribution is 5.82. The molecule has 0 unspecified atom stereocenters. The number of aliphatic hydroxyl groups excluding tert-OH is 1. The summed E-state index contributed by atoms with van der Waals surface area (Å²) in [7, 11) is 0. The molecule has 2 aromatic heterocycles. The van der Waals surface area contributed by atoms with Gasteiger partial charge in [-0.1, -0.05) is 6.92 Å². The van der Waals surface area contributed by atoms with Gasteiger partial charge in [-0.25, -0.2) is 15.0 Å². The summed E-state index contributed by atoms with van der Waals surface area (Å²) < 4.78 is 0. The number of H-pyrrole nitrogens is 1. The Labute approximate surface area is 111 Å². The molecule has 0 aliphatic heterocycles. The summed E-state index contributed by atoms with van der Waals surface area (Å²) in [5.41, 5.74) is 1.18. The van der Waals surface area contributed by atoms with E-state index in [0.717, 1.165) is 42.9 Å². The van der Waals surface area contributed by atoms with Crippen molar-refractivity contribution in [2.75, 3.05) is 11.9 Å². The van der Waals surface area contributed by atoms with E-state index >= 15 is 0 Å². The Hall–Kier alpha value is -1.69. The van der Waals surface area contributed by atoms with Gasteiger partial charge in [-0.05, 0) is 31.6 Å². The highest BCUT2D eigenvalue weighted by Gasteiger charge is 2.34. The summed E-state index contributed by atoms with van der Waals surface area (Å²) in [6, 6.07) is 0. The monoisotopic (exact) mass is 261 g/mol. The zero-order valence-corrected chi connectivity index (χ0v) is 11.1. The second kappa shape index (κ2) is 4.77. The first-order valence-electron chi connectivity index (χ1n) is 6.75. The van der Waals surface area contributed by atoms with Crippen molar-refractivity contribution in [3.05, 3.63) is 12.7 Å². The molecule has 0 saturated heterocycles. The average molecular weight is 261 g/mol. The number of hydrogen-bond donors (Lipinski definition) is 3. The van der Waals surface area contributed by atoms with E-state index in [2.05, 4.69) is 32.2 Å². The van der Waals surface area contributed by atoms with Crippen molar-refractivity contribution >= 4 is 17.0 Å². The van der Waals surface area contributed by atoms with Crippen molar-refractivity contribution < 1.29 is 5.11 Å². The number of hydrogen-bond acceptors (Lipinski definition) is 5. The summed E-state index contributed by atoms with van der Waals surface area (Å²) in [6.07, 6.45) is 7.30. The van der Waals surface area contributed by atoms with Crippen LogP contribution in [0.25, 0.3) is 11.2 Å². The first-order chi connectivity index (χ1) is 9.22. The maximum Gasteiger partial charge on any atom is 0.182 e. The number of aliphatic hydroxyl groups is 1. The number of fused-ring (bicyclic) bond motifs is 1. The fraction of sp³-hybridized carbons (Fsp3) is 0.615. The lowest BCUT2D eigenvalue weighted by atomic mass is 9.77. The Morgan fingerprint density at radius 1 is 1.37 bits per heavy atom. The van der Waals surface area contributed by atoms with Crippen molar-refractivity contribution in [2.24, 2.45) is 5.92 Å². The van der Waals surface area contributed by atoms with E-state index in [4.69, 9.17) is 0 Å². The first-order valence-corrected chi connectivity index (χ1v) is 6.75. The molecule has 1 aliphatic rings. The smallest absolute Gasteiger partial charge is 0.182 e. The molecule has 6 heteroatoms. The second-order valence-corrected chi connectivity index (χ2v) is 5.57. The molecule has 3 N–H and O–H groups in total. The van der Waals surface area contributed by atoms with Crippen LogP contribution in [0.2, 0.25) is 0 Å². The third-order valence-electron chi connectivity index (χ3n) is 4.14. The lowest BCUT2D eigenvalue weighted by molar-refractivity contribution is 0.155. The molecule has 1 aliphatic carbocycles. The van der Waals surface area contributed by atoms with Crippen molar-refractivity contribution in [3.63, 3.8) is 0 Å². The summed E-state index contributed by atoms with van der Waals surface area (Å²) in [4.78, 5) is 15.6. The molecule has 2 heterocycles. The third kappa shape index (κ3) is 2.28. The lowest BCUT2D eigenvalue weighted by Gasteiger charge is -2.39. The number of aromatic nitrogens is 4. The molecule has 1 fully saturated rings. The normalized spacial score (nSPS) is 27.6. The third-order valence-corrected chi connectivity index (χ3v) is 4.14. The lowest BCUT2D eigenvalue weighted by Crippen LogP contribution is -2.45. The molecule has 19 heavy (non-hydrogen) atoms. The Bertz CT molecular complexity index is 559. The molecule has 0 atom stereocenters. The van der Waals surface area contributed by atoms with Gasteiger partial charge in [0.15, 0.2) is 11.5 Å². The van der Waals surface area contributed by atoms with E-state index in [9.17, 15) is 5.11 Å². The molecule has 2 aromatic rings. The topological polar surface area (TPSA) is 86.7 Å². The number of aromatic amines is 1. The molecular weight excluding hydrogens is 242 g/mol. The summed E-state index contributed by atoms with van der Waals surface area (Å²) >= 11 is 0. The molecule has 6 nitrogen and oxygen atoms in total. The molecule has 0 bridgehead atoms. The minimum Gasteiger partial charge on any atom is -0.394 e. The van der Waals surface area contributed by atoms with Crippen LogP contribution in [0, 0.1) is 5.92 Å². The Balaban J connectivity index is 1.88. The highest BCUT2D eigenvalue weighted by Crippen LogP contribution is 2.34. The molecule has 1 saturated carbocycles. The maximum absolute atomic E-state index is 9.78. The first kappa shape index (κ1) is 12.3. The maximum atomic E-state index is 9.78. The highest BCUT2D eigenvalue weighted by atomic mass is 16.3. The zero-order chi connectivity index (χ0) is 13.3. The molecule has 102 valence electrons. The van der Waals surface area contributed by atoms with Crippen molar-refractivity contribution in [1.82, 2.24) is 19.9 Å². The van der Waals surface area contributed by atoms with Crippen LogP contribution in [0.1, 0.15) is 32.6 Å². The van der Waals surface area contributed by atoms with Crippen LogP contribution in [0.15, 0.2) is 12.7 Å². The fourth-order valence-corrected chi connectivity index (χ4v) is 2.75. The molecule has 0 amide bonds. The van der Waals surface area contributed by atoms with E-state index in [1.54, 1.807) is 6.33 Å². The summed E-state index contributed by atoms with van der Waals surface area (Å²) in [5, 5.41) is 13.2. The van der Waals surface area contributed by atoms with Gasteiger partial charge < -0.3 is 15.4 Å². The number of anilines is 1. The predicted octanol–water partition coefficient (Wildman–Crippen LogP) is 1.71. The number of imidazole rings is 1. The van der Waals surface area contributed by atoms with Crippen LogP contribution < -0.4 is 5.32 Å². The van der Waals surface area contributed by atoms with E-state index in [0.29, 0.717) is 5.65 Å². The molecule has 0 radical (unpaired) electrons. The van der Waals surface area contributed by atoms with Gasteiger partial charge >= 0.3 is 0 Å². The van der Waals surface area contributed by atoms with Crippen molar-refractivity contribution in [3.8, 4) is 0 Å². The van der Waals surface area contributed by atoms with Gasteiger partial charge in [-0.15, -0.1) is 0 Å². The van der Waals surface area contributed by atoms with Crippen LogP contribution in [0.5, 0.6) is 0 Å². The van der Waals surface area contributed by atoms with Gasteiger partial charge in [0.2, 0.25) is 0 Å². The SMILES string of the molecule is CC1CCC(CO)(Nc2ncnc3nc[nH]c23)CC1. The fourth-order valence-electron chi connectivity index (χ4n) is 2.75. The number of nitrogens with zero attached hydrogens (tertiary/aromatic N) is 3. The van der Waals surface area contributed by atoms with Gasteiger partial charge in [0.25, 0.3) is 0 Å². The van der Waals surface area contributed by atoms with Gasteiger partial charge in [0.05, 0.1) is 18.5 Å². The Morgan fingerprint density at radius 2 is 2.16 bits per heavy atom. The van der Waals surface area contributed by atoms with Crippen LogP contribution in [0.3, 0.4) is 0 Å². The molecule has 0 spiro atoms. The quantitative estimate of drug-likeness (QED) is 0.783. The standard InChI is InChI=1S/C13H19N5O/c1-9-2-4-13(6-19,5-3-9)18-12-10-11(15-7-14-10)16-8-17-12/h7-9,19H,2-6H2,1H3,(H2,14,15,16,17,18). The van der Waals surface area contributed by atoms with Crippen LogP contribution >= 0.6 is 0 Å². The molecule has 0 aromatic carbocycles. The summed E-state index contributed by atoms with van der Waals surface area (Å²) in [6.45, 7) is 2.39. The van der Waals surface area contributed by atoms with Gasteiger partial charge in [0.1, 0.15) is 11.8 Å². The minimum absolute atomic E-state index is 0.124. The van der Waals surface area contributed by atoms with Crippen LogP contribution in [-0.4, -0.2) is 37.2 Å². The van der Waals surface area contributed by atoms with Crippen molar-refractivity contribution in [1.29, 1.82) is 0 Å². The van der Waals surface area contributed by atoms with E-state index < -0.39 is 0 Å². The average Bonchev–Trinajstić information content (AvgIpc) is 2.91. The van der Waals surface area contributed by atoms with E-state index in [1.165, 1.54) is 6.33 Å². The van der Waals surface area contributed by atoms with Gasteiger partial charge in [0, 0.05) is 0 Å². The van der Waals surface area contributed by atoms with Gasteiger partial charge in [-0.3, -0.25) is 0 Å². The van der Waals surface area contributed by atoms with Crippen LogP contribution in [-0.2, 0) is 0 Å². The minimum atomic E-state index is -0.265. The Kier molecular flexibility index (Phi) is 3.10.